The van der Waals surface area contributed by atoms with E-state index in [0.29, 0.717) is 22.3 Å². The van der Waals surface area contributed by atoms with E-state index < -0.39 is 131 Å². The number of unbranched alkanes of at least 4 members (excludes halogenated alkanes) is 2. The molecule has 0 fully saturated rings. The molecule has 41 nitrogen and oxygen atoms in total. The molecule has 110 heavy (non-hydrogen) atoms. The molecule has 0 aliphatic carbocycles. The van der Waals surface area contributed by atoms with Crippen LogP contribution in [0.15, 0.2) is 136 Å². The van der Waals surface area contributed by atoms with Gasteiger partial charge in [-0.05, 0) is 150 Å². The second-order valence-electron chi connectivity index (χ2n) is 23.7. The van der Waals surface area contributed by atoms with Crippen molar-refractivity contribution in [3.8, 4) is 34.5 Å². The van der Waals surface area contributed by atoms with Gasteiger partial charge in [-0.25, -0.2) is 4.79 Å². The summed E-state index contributed by atoms with van der Waals surface area (Å²) >= 11 is 0. The van der Waals surface area contributed by atoms with Crippen LogP contribution in [0.1, 0.15) is 73.6 Å². The van der Waals surface area contributed by atoms with Crippen LogP contribution in [0.2, 0.25) is 0 Å². The highest BCUT2D eigenvalue weighted by Crippen LogP contribution is 2.43. The molecule has 2 amide bonds. The zero-order valence-corrected chi connectivity index (χ0v) is 65.1. The van der Waals surface area contributed by atoms with Crippen LogP contribution in [-0.2, 0) is 80.9 Å². The topological polar surface area (TPSA) is 630 Å². The Hall–Kier alpha value is -8.93. The van der Waals surface area contributed by atoms with Crippen LogP contribution >= 0.6 is 0 Å². The highest BCUT2D eigenvalue weighted by molar-refractivity contribution is 7.87. The molecule has 0 saturated heterocycles. The minimum absolute atomic E-state index is 0.00163. The number of amides is 2. The number of nitrogens with zero attached hydrogens (tertiary/aromatic N) is 8. The number of ether oxygens (including phenoxy) is 6. The Morgan fingerprint density at radius 2 is 0.536 bits per heavy atom. The van der Waals surface area contributed by atoms with Crippen LogP contribution in [0.25, 0.3) is 0 Å². The van der Waals surface area contributed by atoms with E-state index >= 15 is 0 Å². The smallest absolute Gasteiger partial charge is 0.323 e. The number of rotatable bonds is 44. The van der Waals surface area contributed by atoms with Gasteiger partial charge in [0.15, 0.2) is 0 Å². The number of nitrogens with one attached hydrogen (secondary N) is 2. The van der Waals surface area contributed by atoms with E-state index in [-0.39, 0.29) is 182 Å². The van der Waals surface area contributed by atoms with Gasteiger partial charge >= 0.3 is 6.03 Å². The second kappa shape index (κ2) is 39.3. The number of urea groups is 1. The van der Waals surface area contributed by atoms with E-state index in [1.165, 1.54) is 74.5 Å². The van der Waals surface area contributed by atoms with Crippen molar-refractivity contribution in [2.24, 2.45) is 40.9 Å². The lowest BCUT2D eigenvalue weighted by molar-refractivity contribution is 0.261. The fourth-order valence-electron chi connectivity index (χ4n) is 9.23. The normalized spacial score (nSPS) is 12.8. The van der Waals surface area contributed by atoms with E-state index in [4.69, 9.17) is 37.5 Å². The maximum atomic E-state index is 14.2. The van der Waals surface area contributed by atoms with Gasteiger partial charge in [0.1, 0.15) is 67.0 Å². The zero-order valence-electron chi connectivity index (χ0n) is 58.5. The van der Waals surface area contributed by atoms with Crippen molar-refractivity contribution in [3.63, 3.8) is 0 Å². The molecule has 0 bridgehead atoms. The molecule has 0 aliphatic rings. The summed E-state index contributed by atoms with van der Waals surface area (Å²) in [6.07, 6.45) is -0.879. The molecule has 6 aromatic carbocycles. The number of anilines is 2. The summed E-state index contributed by atoms with van der Waals surface area (Å²) in [6.45, 7) is 4.47. The number of azo groups is 4. The Morgan fingerprint density at radius 1 is 0.291 bits per heavy atom. The molecule has 0 atom stereocenters. The van der Waals surface area contributed by atoms with Crippen LogP contribution in [0.4, 0.5) is 61.7 Å². The highest BCUT2D eigenvalue weighted by atomic mass is 32.2. The Labute approximate surface area is 633 Å². The van der Waals surface area contributed by atoms with Crippen molar-refractivity contribution in [1.29, 1.82) is 0 Å². The van der Waals surface area contributed by atoms with Crippen molar-refractivity contribution < 1.29 is 137 Å². The average Bonchev–Trinajstić information content (AvgIpc) is 0.819. The molecule has 0 heterocycles. The molecule has 6 rings (SSSR count). The van der Waals surface area contributed by atoms with Crippen molar-refractivity contribution in [3.05, 3.63) is 107 Å². The van der Waals surface area contributed by atoms with Gasteiger partial charge in [0, 0.05) is 36.4 Å². The first-order valence-corrected chi connectivity index (χ1v) is 44.6. The Balaban J connectivity index is 1.34. The summed E-state index contributed by atoms with van der Waals surface area (Å²) in [4.78, 5) is 12.7. The molecule has 49 heteroatoms. The third-order valence-electron chi connectivity index (χ3n) is 14.5. The van der Waals surface area contributed by atoms with E-state index in [9.17, 15) is 99.5 Å². The fourth-order valence-corrected chi connectivity index (χ4v) is 13.6. The van der Waals surface area contributed by atoms with Gasteiger partial charge in [-0.2, -0.15) is 87.8 Å². The van der Waals surface area contributed by atoms with Crippen molar-refractivity contribution >= 4 is 144 Å². The molecular formula is C61H76N10O31S8. The third kappa shape index (κ3) is 32.6. The molecule has 10 N–H and O–H groups in total. The first-order valence-electron chi connectivity index (χ1n) is 32.1. The molecule has 0 saturated carbocycles. The van der Waals surface area contributed by atoms with E-state index in [0.717, 1.165) is 24.3 Å². The SMILES string of the molecule is Cc1cc(NC(=O)Nc2cc(C)c(N=Nc3cc(C)c(N=Nc4ccc(OCCCS(=O)(=O)O)cc4S(=O)(=O)O)cc3OCCCCS(=O)(=O)O)cc2OCCCS(=O)(=O)O)c(OCCCS(=O)(=O)O)cc1N=Nc1cc(C)c(N=Nc2ccc(OCCCS(=O)(=O)O)cc2S(=O)(=O)O)cc1OCCCCS(=O)(=O)O. The number of hydrogen-bond acceptors (Lipinski definition) is 31. The first-order chi connectivity index (χ1) is 51.1. The summed E-state index contributed by atoms with van der Waals surface area (Å²) in [5.41, 5.74) is 0.457. The first kappa shape index (κ1) is 90.0. The van der Waals surface area contributed by atoms with Gasteiger partial charge in [-0.3, -0.25) is 36.4 Å². The minimum atomic E-state index is -5.00. The summed E-state index contributed by atoms with van der Waals surface area (Å²) in [6, 6.07) is 16.4. The Bertz CT molecular complexity index is 5110. The molecule has 0 aromatic heterocycles. The van der Waals surface area contributed by atoms with Gasteiger partial charge in [-0.15, -0.1) is 20.5 Å². The summed E-state index contributed by atoms with van der Waals surface area (Å²) in [7, 11) is -36.3. The van der Waals surface area contributed by atoms with E-state index in [1.54, 1.807) is 13.8 Å². The van der Waals surface area contributed by atoms with Crippen molar-refractivity contribution in [2.75, 3.05) is 84.8 Å². The number of carbonyl (C=O) groups excluding carboxylic acids is 1. The van der Waals surface area contributed by atoms with Crippen LogP contribution in [0.3, 0.4) is 0 Å². The van der Waals surface area contributed by atoms with E-state index in [1.807, 2.05) is 0 Å². The Kier molecular flexibility index (Phi) is 32.1. The maximum absolute atomic E-state index is 14.2. The minimum Gasteiger partial charge on any atom is -0.494 e. The lowest BCUT2D eigenvalue weighted by Crippen LogP contribution is -2.21. The summed E-state index contributed by atoms with van der Waals surface area (Å²) < 4.78 is 297. The van der Waals surface area contributed by atoms with Crippen molar-refractivity contribution in [2.45, 2.75) is 88.9 Å². The summed E-state index contributed by atoms with van der Waals surface area (Å²) in [5, 5.41) is 39.2. The predicted octanol–water partition coefficient (Wildman–Crippen LogP) is 11.4. The molecule has 6 aromatic rings. The van der Waals surface area contributed by atoms with Crippen LogP contribution in [0, 0.1) is 27.7 Å². The van der Waals surface area contributed by atoms with E-state index in [2.05, 4.69) is 51.5 Å². The molecular weight excluding hydrogens is 1630 g/mol. The van der Waals surface area contributed by atoms with Gasteiger partial charge in [0.05, 0.1) is 108 Å². The quantitative estimate of drug-likeness (QED) is 0.00965. The number of benzene rings is 6. The zero-order chi connectivity index (χ0) is 81.6. The second-order valence-corrected chi connectivity index (χ2v) is 35.9. The molecule has 604 valence electrons. The lowest BCUT2D eigenvalue weighted by atomic mass is 10.1. The van der Waals surface area contributed by atoms with Crippen molar-refractivity contribution in [1.82, 2.24) is 0 Å². The summed E-state index contributed by atoms with van der Waals surface area (Å²) in [5.74, 6) is -4.69. The number of hydrogen-bond donors (Lipinski definition) is 10. The predicted molar refractivity (Wildman–Crippen MR) is 395 cm³/mol. The monoisotopic (exact) mass is 1700 g/mol. The largest absolute Gasteiger partial charge is 0.494 e. The average molecular weight is 1700 g/mol. The molecule has 0 radical (unpaired) electrons. The van der Waals surface area contributed by atoms with Crippen LogP contribution < -0.4 is 39.1 Å². The molecule has 0 aliphatic heterocycles. The highest BCUT2D eigenvalue weighted by Gasteiger charge is 2.23. The number of carbonyl (C=O) groups is 1. The maximum Gasteiger partial charge on any atom is 0.323 e. The van der Waals surface area contributed by atoms with Gasteiger partial charge in [0.2, 0.25) is 0 Å². The van der Waals surface area contributed by atoms with Gasteiger partial charge < -0.3 is 39.1 Å². The lowest BCUT2D eigenvalue weighted by Gasteiger charge is -2.17. The third-order valence-corrected chi connectivity index (χ3v) is 21.1. The fraction of sp³-hybridized carbons (Fsp3) is 0.393. The molecule has 0 spiro atoms. The Morgan fingerprint density at radius 3 is 0.836 bits per heavy atom. The molecule has 0 unspecified atom stereocenters. The van der Waals surface area contributed by atoms with Gasteiger partial charge in [0.25, 0.3) is 80.9 Å². The standard InChI is InChI=1S/C61H76N10O31S8/c1-39-29-51(55(101-21-11-27-107(85,86)87)35-47(39)68-70-53-31-41(3)49(37-57(53)99-17-5-7-23-103(73,74)75)66-64-45-15-13-43(33-59(45)109(91,92)93)97-19-9-25-105(79,80)81)62-61(72)63-52-30-40(2)48(36-56(52)102-22-12-28-108(88,89)90)69-71-54-32-42(4)50(38-58(54)100-18-6-8-24-104(76,77)78)67-65-46-16-14-44(34-60(46)110(94,95)96)98-20-10-26-106(82,83)84/h13-16,29-38H,5-12,17-28H2,1-4H3,(H2,62,63,72)(H,73,74,75)(H,76,77,78)(H,79,80,81)(H,82,83,84)(H,85,86,87)(H,88,89,90)(H,91,92,93)(H,94,95,96). The number of aryl methyl sites for hydroxylation is 4. The van der Waals surface area contributed by atoms with Crippen LogP contribution in [0.5, 0.6) is 34.5 Å². The van der Waals surface area contributed by atoms with Crippen LogP contribution in [-0.4, -0.2) is 184 Å². The van der Waals surface area contributed by atoms with Gasteiger partial charge in [-0.1, -0.05) is 0 Å².